The van der Waals surface area contributed by atoms with E-state index >= 15 is 0 Å². The molecule has 1 aromatic carbocycles. The van der Waals surface area contributed by atoms with Crippen molar-refractivity contribution in [2.45, 2.75) is 58.5 Å². The molecule has 1 aliphatic rings. The highest BCUT2D eigenvalue weighted by Crippen LogP contribution is 2.39. The topological polar surface area (TPSA) is 45.2 Å². The summed E-state index contributed by atoms with van der Waals surface area (Å²) >= 11 is 1.65. The van der Waals surface area contributed by atoms with Crippen LogP contribution in [0.4, 0.5) is 10.8 Å². The number of nitrogens with one attached hydrogen (secondary N) is 1. The van der Waals surface area contributed by atoms with Crippen LogP contribution in [0.1, 0.15) is 58.3 Å². The standard InChI is InChI=1S/C19H25N3OS/c1-12-10-15(20-18-21-17(11-24-18)19(3,4)5)14-8-6-7-9-16(14)22(12)13(2)23/h6-9,11-12,15H,10H2,1-5H3,(H,20,21). The summed E-state index contributed by atoms with van der Waals surface area (Å²) in [7, 11) is 0. The van der Waals surface area contributed by atoms with Crippen LogP contribution >= 0.6 is 11.3 Å². The number of benzene rings is 1. The lowest BCUT2D eigenvalue weighted by Crippen LogP contribution is -2.43. The highest BCUT2D eigenvalue weighted by atomic mass is 32.1. The zero-order chi connectivity index (χ0) is 17.5. The molecule has 5 heteroatoms. The third-order valence-electron chi connectivity index (χ3n) is 4.50. The molecule has 3 rings (SSSR count). The molecule has 2 atom stereocenters. The molecule has 1 aromatic heterocycles. The van der Waals surface area contributed by atoms with Crippen LogP contribution in [0.2, 0.25) is 0 Å². The van der Waals surface area contributed by atoms with Crippen molar-refractivity contribution in [3.8, 4) is 0 Å². The second-order valence-corrected chi connectivity index (χ2v) is 8.38. The minimum absolute atomic E-state index is 0.0552. The van der Waals surface area contributed by atoms with Crippen molar-refractivity contribution in [2.24, 2.45) is 0 Å². The number of nitrogens with zero attached hydrogens (tertiary/aromatic N) is 2. The van der Waals surface area contributed by atoms with Crippen LogP contribution in [-0.2, 0) is 10.2 Å². The van der Waals surface area contributed by atoms with Crippen molar-refractivity contribution in [1.29, 1.82) is 0 Å². The first-order valence-electron chi connectivity index (χ1n) is 8.38. The molecule has 0 bridgehead atoms. The second-order valence-electron chi connectivity index (χ2n) is 7.52. The van der Waals surface area contributed by atoms with E-state index in [2.05, 4.69) is 44.5 Å². The summed E-state index contributed by atoms with van der Waals surface area (Å²) < 4.78 is 0. The molecule has 2 unspecified atom stereocenters. The fourth-order valence-electron chi connectivity index (χ4n) is 3.26. The van der Waals surface area contributed by atoms with E-state index in [1.165, 1.54) is 5.56 Å². The Kier molecular flexibility index (Phi) is 4.38. The maximum atomic E-state index is 12.0. The Labute approximate surface area is 147 Å². The molecule has 2 aromatic rings. The molecular weight excluding hydrogens is 318 g/mol. The Morgan fingerprint density at radius 1 is 1.33 bits per heavy atom. The number of carbonyl (C=O) groups excluding carboxylic acids is 1. The zero-order valence-electron chi connectivity index (χ0n) is 15.0. The van der Waals surface area contributed by atoms with Gasteiger partial charge in [0.15, 0.2) is 5.13 Å². The van der Waals surface area contributed by atoms with Gasteiger partial charge in [-0.2, -0.15) is 0 Å². The molecule has 0 radical (unpaired) electrons. The van der Waals surface area contributed by atoms with Gasteiger partial charge in [0.05, 0.1) is 11.7 Å². The molecule has 0 saturated carbocycles. The van der Waals surface area contributed by atoms with Gasteiger partial charge in [-0.3, -0.25) is 4.79 Å². The van der Waals surface area contributed by atoms with E-state index < -0.39 is 0 Å². The molecule has 0 saturated heterocycles. The molecule has 2 heterocycles. The first-order valence-corrected chi connectivity index (χ1v) is 9.26. The molecule has 0 fully saturated rings. The maximum absolute atomic E-state index is 12.0. The lowest BCUT2D eigenvalue weighted by atomic mass is 9.91. The Hall–Kier alpha value is -1.88. The first kappa shape index (κ1) is 17.0. The number of hydrogen-bond donors (Lipinski definition) is 1. The zero-order valence-corrected chi connectivity index (χ0v) is 15.8. The van der Waals surface area contributed by atoms with Gasteiger partial charge in [-0.15, -0.1) is 11.3 Å². The van der Waals surface area contributed by atoms with Crippen LogP contribution in [0.15, 0.2) is 29.6 Å². The third-order valence-corrected chi connectivity index (χ3v) is 5.27. The lowest BCUT2D eigenvalue weighted by molar-refractivity contribution is -0.117. The van der Waals surface area contributed by atoms with Crippen LogP contribution in [-0.4, -0.2) is 16.9 Å². The van der Waals surface area contributed by atoms with Crippen LogP contribution < -0.4 is 10.2 Å². The number of thiazole rings is 1. The highest BCUT2D eigenvalue weighted by Gasteiger charge is 2.32. The van der Waals surface area contributed by atoms with Gasteiger partial charge in [0.1, 0.15) is 0 Å². The minimum Gasteiger partial charge on any atom is -0.355 e. The van der Waals surface area contributed by atoms with Crippen molar-refractivity contribution >= 4 is 28.1 Å². The van der Waals surface area contributed by atoms with Crippen LogP contribution in [0.25, 0.3) is 0 Å². The van der Waals surface area contributed by atoms with E-state index in [1.807, 2.05) is 23.1 Å². The highest BCUT2D eigenvalue weighted by molar-refractivity contribution is 7.13. The average molecular weight is 343 g/mol. The Morgan fingerprint density at radius 3 is 2.67 bits per heavy atom. The van der Waals surface area contributed by atoms with Crippen molar-refractivity contribution in [2.75, 3.05) is 10.2 Å². The minimum atomic E-state index is 0.0552. The smallest absolute Gasteiger partial charge is 0.224 e. The summed E-state index contributed by atoms with van der Waals surface area (Å²) in [6.45, 7) is 10.3. The summed E-state index contributed by atoms with van der Waals surface area (Å²) in [5, 5.41) is 6.66. The average Bonchev–Trinajstić information content (AvgIpc) is 2.95. The summed E-state index contributed by atoms with van der Waals surface area (Å²) in [5.74, 6) is 0.0951. The molecule has 24 heavy (non-hydrogen) atoms. The number of aromatic nitrogens is 1. The third kappa shape index (κ3) is 3.18. The Bertz CT molecular complexity index is 747. The maximum Gasteiger partial charge on any atom is 0.224 e. The fourth-order valence-corrected chi connectivity index (χ4v) is 4.25. The second kappa shape index (κ2) is 6.20. The predicted octanol–water partition coefficient (Wildman–Crippen LogP) is 4.74. The summed E-state index contributed by atoms with van der Waals surface area (Å²) in [6.07, 6.45) is 0.876. The quantitative estimate of drug-likeness (QED) is 0.857. The number of carbonyl (C=O) groups is 1. The van der Waals surface area contributed by atoms with Gasteiger partial charge in [0.25, 0.3) is 0 Å². The summed E-state index contributed by atoms with van der Waals surface area (Å²) in [6, 6.07) is 8.49. The van der Waals surface area contributed by atoms with Gasteiger partial charge in [-0.25, -0.2) is 4.98 Å². The number of rotatable bonds is 2. The molecule has 0 aliphatic carbocycles. The van der Waals surface area contributed by atoms with Crippen LogP contribution in [0.3, 0.4) is 0 Å². The van der Waals surface area contributed by atoms with Gasteiger partial charge >= 0.3 is 0 Å². The molecule has 1 amide bonds. The number of hydrogen-bond acceptors (Lipinski definition) is 4. The van der Waals surface area contributed by atoms with Gasteiger partial charge in [-0.1, -0.05) is 39.0 Å². The van der Waals surface area contributed by atoms with E-state index in [0.29, 0.717) is 0 Å². The monoisotopic (exact) mass is 343 g/mol. The van der Waals surface area contributed by atoms with Crippen molar-refractivity contribution in [1.82, 2.24) is 4.98 Å². The van der Waals surface area contributed by atoms with E-state index in [0.717, 1.165) is 22.9 Å². The normalized spacial score (nSPS) is 20.6. The van der Waals surface area contributed by atoms with E-state index in [9.17, 15) is 4.79 Å². The molecule has 128 valence electrons. The number of para-hydroxylation sites is 1. The van der Waals surface area contributed by atoms with E-state index in [-0.39, 0.29) is 23.4 Å². The lowest BCUT2D eigenvalue weighted by Gasteiger charge is -2.39. The fraction of sp³-hybridized carbons (Fsp3) is 0.474. The van der Waals surface area contributed by atoms with Crippen LogP contribution in [0.5, 0.6) is 0 Å². The first-order chi connectivity index (χ1) is 11.3. The molecule has 1 N–H and O–H groups in total. The van der Waals surface area contributed by atoms with Gasteiger partial charge in [0, 0.05) is 29.4 Å². The summed E-state index contributed by atoms with van der Waals surface area (Å²) in [4.78, 5) is 18.7. The SMILES string of the molecule is CC(=O)N1c2ccccc2C(Nc2nc(C(C)(C)C)cs2)CC1C. The van der Waals surface area contributed by atoms with Crippen molar-refractivity contribution in [3.05, 3.63) is 40.9 Å². The van der Waals surface area contributed by atoms with Gasteiger partial charge in [0.2, 0.25) is 5.91 Å². The van der Waals surface area contributed by atoms with Crippen molar-refractivity contribution < 1.29 is 4.79 Å². The number of amides is 1. The van der Waals surface area contributed by atoms with E-state index in [1.54, 1.807) is 18.3 Å². The molecule has 0 spiro atoms. The Balaban J connectivity index is 1.90. The van der Waals surface area contributed by atoms with Gasteiger partial charge < -0.3 is 10.2 Å². The predicted molar refractivity (Wildman–Crippen MR) is 101 cm³/mol. The molecule has 1 aliphatic heterocycles. The van der Waals surface area contributed by atoms with Gasteiger partial charge in [-0.05, 0) is 25.0 Å². The largest absolute Gasteiger partial charge is 0.355 e. The van der Waals surface area contributed by atoms with E-state index in [4.69, 9.17) is 4.98 Å². The molecule has 4 nitrogen and oxygen atoms in total. The molecular formula is C19H25N3OS. The number of anilines is 2. The van der Waals surface area contributed by atoms with Crippen LogP contribution in [0, 0.1) is 0 Å². The Morgan fingerprint density at radius 2 is 2.04 bits per heavy atom. The van der Waals surface area contributed by atoms with Crippen molar-refractivity contribution in [3.63, 3.8) is 0 Å². The summed E-state index contributed by atoms with van der Waals surface area (Å²) in [5.41, 5.74) is 3.34. The number of fused-ring (bicyclic) bond motifs is 1.